The fourth-order valence-corrected chi connectivity index (χ4v) is 3.89. The monoisotopic (exact) mass is 473 g/mol. The summed E-state index contributed by atoms with van der Waals surface area (Å²) in [5, 5.41) is 12.8. The van der Waals surface area contributed by atoms with Gasteiger partial charge >= 0.3 is 5.97 Å². The fourth-order valence-electron chi connectivity index (χ4n) is 3.36. The highest BCUT2D eigenvalue weighted by molar-refractivity contribution is 6.34. The van der Waals surface area contributed by atoms with Crippen LogP contribution in [0.2, 0.25) is 10.0 Å². The zero-order valence-electron chi connectivity index (χ0n) is 17.1. The van der Waals surface area contributed by atoms with E-state index in [1.165, 1.54) is 10.8 Å². The molecule has 1 amide bonds. The molecule has 1 heterocycles. The van der Waals surface area contributed by atoms with Gasteiger partial charge in [0.2, 0.25) is 0 Å². The molecule has 1 atom stereocenters. The van der Waals surface area contributed by atoms with Gasteiger partial charge in [-0.25, -0.2) is 4.79 Å². The van der Waals surface area contributed by atoms with Crippen molar-refractivity contribution < 1.29 is 14.7 Å². The second kappa shape index (κ2) is 9.99. The van der Waals surface area contributed by atoms with Crippen molar-refractivity contribution in [3.8, 4) is 11.1 Å². The van der Waals surface area contributed by atoms with Crippen LogP contribution < -0.4 is 16.6 Å². The highest BCUT2D eigenvalue weighted by Gasteiger charge is 2.24. The van der Waals surface area contributed by atoms with Gasteiger partial charge in [0.25, 0.3) is 11.5 Å². The summed E-state index contributed by atoms with van der Waals surface area (Å²) in [5.41, 5.74) is 7.91. The average molecular weight is 474 g/mol. The number of aliphatic carboxylic acids is 1. The third-order valence-corrected chi connectivity index (χ3v) is 5.53. The van der Waals surface area contributed by atoms with Gasteiger partial charge in [-0.05, 0) is 28.8 Å². The molecule has 7 nitrogen and oxygen atoms in total. The Hall–Kier alpha value is -3.13. The molecule has 0 aliphatic rings. The predicted molar refractivity (Wildman–Crippen MR) is 124 cm³/mol. The maximum atomic E-state index is 12.7. The maximum Gasteiger partial charge on any atom is 0.326 e. The number of nitrogens with zero attached hydrogens (tertiary/aromatic N) is 1. The molecule has 3 rings (SSSR count). The number of halogens is 2. The third kappa shape index (κ3) is 5.19. The van der Waals surface area contributed by atoms with Crippen LogP contribution in [0.3, 0.4) is 0 Å². The number of aromatic nitrogens is 1. The smallest absolute Gasteiger partial charge is 0.326 e. The minimum Gasteiger partial charge on any atom is -0.480 e. The molecule has 0 fully saturated rings. The van der Waals surface area contributed by atoms with E-state index in [4.69, 9.17) is 28.9 Å². The van der Waals surface area contributed by atoms with Crippen LogP contribution in [0, 0.1) is 0 Å². The van der Waals surface area contributed by atoms with Crippen molar-refractivity contribution >= 4 is 35.1 Å². The van der Waals surface area contributed by atoms with Crippen molar-refractivity contribution in [1.29, 1.82) is 0 Å². The third-order valence-electron chi connectivity index (χ3n) is 5.01. The number of hydrogen-bond donors (Lipinski definition) is 3. The minimum absolute atomic E-state index is 0.0390. The van der Waals surface area contributed by atoms with Crippen LogP contribution >= 0.6 is 23.2 Å². The minimum atomic E-state index is -1.19. The van der Waals surface area contributed by atoms with E-state index in [0.717, 1.165) is 0 Å². The lowest BCUT2D eigenvalue weighted by Gasteiger charge is -2.17. The van der Waals surface area contributed by atoms with E-state index in [-0.39, 0.29) is 29.1 Å². The lowest BCUT2D eigenvalue weighted by Crippen LogP contribution is -2.42. The first kappa shape index (κ1) is 23.5. The van der Waals surface area contributed by atoms with Gasteiger partial charge in [0.05, 0.1) is 15.6 Å². The molecule has 1 aromatic heterocycles. The number of rotatable bonds is 7. The van der Waals surface area contributed by atoms with E-state index in [2.05, 4.69) is 5.32 Å². The maximum absolute atomic E-state index is 12.7. The Balaban J connectivity index is 1.81. The molecule has 0 saturated heterocycles. The number of carbonyl (C=O) groups is 2. The standard InChI is InChI=1S/C23H21Cl2N3O4/c1-28-12-16(24)10-17(22(28)30)14-7-5-13(6-8-14)9-19(23(31)32)27-21(29)20-15(11-26)3-2-4-18(20)25/h2-8,10,12,19H,9,11,26H2,1H3,(H,27,29)(H,31,32)/t19-/m0/s1. The van der Waals surface area contributed by atoms with E-state index in [0.29, 0.717) is 27.3 Å². The number of nitrogens with one attached hydrogen (secondary N) is 1. The van der Waals surface area contributed by atoms with Gasteiger partial charge in [-0.3, -0.25) is 9.59 Å². The van der Waals surface area contributed by atoms with Crippen LogP contribution in [0.5, 0.6) is 0 Å². The van der Waals surface area contributed by atoms with Crippen molar-refractivity contribution in [3.63, 3.8) is 0 Å². The quantitative estimate of drug-likeness (QED) is 0.487. The van der Waals surface area contributed by atoms with Gasteiger partial charge in [-0.2, -0.15) is 0 Å². The van der Waals surface area contributed by atoms with Crippen molar-refractivity contribution in [2.45, 2.75) is 19.0 Å². The second-order valence-electron chi connectivity index (χ2n) is 7.23. The molecule has 0 spiro atoms. The number of pyridine rings is 1. The van der Waals surface area contributed by atoms with Crippen molar-refractivity contribution in [3.05, 3.63) is 91.8 Å². The first-order chi connectivity index (χ1) is 15.2. The molecule has 0 aliphatic carbocycles. The number of carboxylic acid groups (broad SMARTS) is 1. The average Bonchev–Trinajstić information content (AvgIpc) is 2.75. The summed E-state index contributed by atoms with van der Waals surface area (Å²) in [4.78, 5) is 36.9. The molecule has 32 heavy (non-hydrogen) atoms. The van der Waals surface area contributed by atoms with Crippen molar-refractivity contribution in [2.75, 3.05) is 0 Å². The van der Waals surface area contributed by atoms with Gasteiger partial charge in [-0.1, -0.05) is 59.6 Å². The van der Waals surface area contributed by atoms with Gasteiger partial charge in [0.15, 0.2) is 0 Å². The summed E-state index contributed by atoms with van der Waals surface area (Å²) in [6, 6.07) is 12.1. The molecule has 0 bridgehead atoms. The molecule has 0 radical (unpaired) electrons. The molecule has 4 N–H and O–H groups in total. The topological polar surface area (TPSA) is 114 Å². The molecule has 2 aromatic carbocycles. The van der Waals surface area contributed by atoms with Crippen LogP contribution in [0.15, 0.2) is 59.5 Å². The first-order valence-electron chi connectivity index (χ1n) is 9.68. The first-order valence-corrected chi connectivity index (χ1v) is 10.4. The summed E-state index contributed by atoms with van der Waals surface area (Å²) in [7, 11) is 1.61. The van der Waals surface area contributed by atoms with Gasteiger partial charge in [0.1, 0.15) is 6.04 Å². The van der Waals surface area contributed by atoms with Crippen LogP contribution in [-0.4, -0.2) is 27.6 Å². The number of carboxylic acids is 1. The van der Waals surface area contributed by atoms with E-state index < -0.39 is 17.9 Å². The lowest BCUT2D eigenvalue weighted by atomic mass is 10.0. The molecule has 0 unspecified atom stereocenters. The number of hydrogen-bond acceptors (Lipinski definition) is 4. The van der Waals surface area contributed by atoms with Crippen molar-refractivity contribution in [1.82, 2.24) is 9.88 Å². The summed E-state index contributed by atoms with van der Waals surface area (Å²) >= 11 is 12.2. The Morgan fingerprint density at radius 1 is 1.16 bits per heavy atom. The summed E-state index contributed by atoms with van der Waals surface area (Å²) in [5.74, 6) is -1.80. The van der Waals surface area contributed by atoms with Crippen molar-refractivity contribution in [2.24, 2.45) is 12.8 Å². The zero-order chi connectivity index (χ0) is 23.4. The van der Waals surface area contributed by atoms with Crippen LogP contribution in [0.4, 0.5) is 0 Å². The molecule has 3 aromatic rings. The molecule has 166 valence electrons. The van der Waals surface area contributed by atoms with E-state index in [1.54, 1.807) is 55.6 Å². The molecule has 0 saturated carbocycles. The predicted octanol–water partition coefficient (Wildman–Crippen LogP) is 3.24. The highest BCUT2D eigenvalue weighted by Crippen LogP contribution is 2.22. The van der Waals surface area contributed by atoms with Gasteiger partial charge in [0, 0.05) is 31.8 Å². The Morgan fingerprint density at radius 2 is 1.84 bits per heavy atom. The fraction of sp³-hybridized carbons (Fsp3) is 0.174. The molecular weight excluding hydrogens is 453 g/mol. The SMILES string of the molecule is Cn1cc(Cl)cc(-c2ccc(C[C@H](NC(=O)c3c(Cl)cccc3CN)C(=O)O)cc2)c1=O. The zero-order valence-corrected chi connectivity index (χ0v) is 18.7. The highest BCUT2D eigenvalue weighted by atomic mass is 35.5. The molecular formula is C23H21Cl2N3O4. The normalized spacial score (nSPS) is 11.8. The Labute approximate surface area is 194 Å². The van der Waals surface area contributed by atoms with E-state index in [9.17, 15) is 19.5 Å². The summed E-state index contributed by atoms with van der Waals surface area (Å²) < 4.78 is 1.39. The Morgan fingerprint density at radius 3 is 2.47 bits per heavy atom. The van der Waals surface area contributed by atoms with Gasteiger partial charge < -0.3 is 20.7 Å². The van der Waals surface area contributed by atoms with Crippen LogP contribution in [-0.2, 0) is 24.8 Å². The molecule has 0 aliphatic heterocycles. The Kier molecular flexibility index (Phi) is 7.35. The number of carbonyl (C=O) groups excluding carboxylic acids is 1. The largest absolute Gasteiger partial charge is 0.480 e. The second-order valence-corrected chi connectivity index (χ2v) is 8.08. The number of amides is 1. The number of benzene rings is 2. The number of nitrogens with two attached hydrogens (primary N) is 1. The van der Waals surface area contributed by atoms with E-state index >= 15 is 0 Å². The van der Waals surface area contributed by atoms with Gasteiger partial charge in [-0.15, -0.1) is 0 Å². The van der Waals surface area contributed by atoms with Crippen LogP contribution in [0.25, 0.3) is 11.1 Å². The molecule has 9 heteroatoms. The summed E-state index contributed by atoms with van der Waals surface area (Å²) in [6.07, 6.45) is 1.56. The Bertz CT molecular complexity index is 1220. The lowest BCUT2D eigenvalue weighted by molar-refractivity contribution is -0.139. The van der Waals surface area contributed by atoms with Crippen LogP contribution in [0.1, 0.15) is 21.5 Å². The number of aryl methyl sites for hydroxylation is 1. The summed E-state index contributed by atoms with van der Waals surface area (Å²) in [6.45, 7) is 0.0888. The van der Waals surface area contributed by atoms with E-state index in [1.807, 2.05) is 0 Å².